The second kappa shape index (κ2) is 7.51. The van der Waals surface area contributed by atoms with Crippen molar-refractivity contribution in [3.63, 3.8) is 0 Å². The van der Waals surface area contributed by atoms with E-state index in [1.54, 1.807) is 7.11 Å². The molecule has 0 aliphatic heterocycles. The minimum atomic E-state index is 0.379. The fraction of sp³-hybridized carbons (Fsp3) is 0.600. The van der Waals surface area contributed by atoms with Gasteiger partial charge in [-0.2, -0.15) is 0 Å². The minimum Gasteiger partial charge on any atom is -0.497 e. The average molecular weight is 347 g/mol. The summed E-state index contributed by atoms with van der Waals surface area (Å²) < 4.78 is 6.38. The highest BCUT2D eigenvalue weighted by atomic mass is 79.9. The highest BCUT2D eigenvalue weighted by molar-refractivity contribution is 9.10. The van der Waals surface area contributed by atoms with Crippen LogP contribution in [0.5, 0.6) is 5.75 Å². The Morgan fingerprint density at radius 3 is 3.00 bits per heavy atom. The van der Waals surface area contributed by atoms with Crippen LogP contribution in [-0.4, -0.2) is 19.0 Å². The molecule has 0 heterocycles. The Hall–Kier alpha value is -0.250. The number of rotatable bonds is 5. The molecule has 2 rings (SSSR count). The van der Waals surface area contributed by atoms with Gasteiger partial charge in [-0.25, -0.2) is 0 Å². The maximum Gasteiger partial charge on any atom is 0.119 e. The second-order valence-electron chi connectivity index (χ2n) is 5.22. The molecule has 0 amide bonds. The topological polar surface area (TPSA) is 21.3 Å². The van der Waals surface area contributed by atoms with Crippen molar-refractivity contribution in [1.29, 1.82) is 0 Å². The van der Waals surface area contributed by atoms with E-state index in [1.807, 2.05) is 12.1 Å². The van der Waals surface area contributed by atoms with Crippen molar-refractivity contribution in [3.05, 3.63) is 28.2 Å². The highest BCUT2D eigenvalue weighted by Gasteiger charge is 2.19. The lowest BCUT2D eigenvalue weighted by Gasteiger charge is -2.25. The third-order valence-corrected chi connectivity index (χ3v) is 4.89. The van der Waals surface area contributed by atoms with Crippen molar-refractivity contribution in [1.82, 2.24) is 5.32 Å². The van der Waals surface area contributed by atoms with Crippen molar-refractivity contribution in [2.24, 2.45) is 5.92 Å². The first kappa shape index (κ1) is 15.1. The molecule has 1 saturated carbocycles. The fourth-order valence-electron chi connectivity index (χ4n) is 2.64. The summed E-state index contributed by atoms with van der Waals surface area (Å²) in [6.07, 6.45) is 4.90. The van der Waals surface area contributed by atoms with Crippen LogP contribution in [0.1, 0.15) is 31.2 Å². The Morgan fingerprint density at radius 2 is 2.26 bits per heavy atom. The van der Waals surface area contributed by atoms with E-state index in [0.717, 1.165) is 35.7 Å². The molecule has 1 aromatic carbocycles. The summed E-state index contributed by atoms with van der Waals surface area (Å²) >= 11 is 9.80. The number of alkyl halides is 1. The first-order valence-corrected chi connectivity index (χ1v) is 8.09. The van der Waals surface area contributed by atoms with Crippen molar-refractivity contribution in [2.45, 2.75) is 37.6 Å². The highest BCUT2D eigenvalue weighted by Crippen LogP contribution is 2.27. The van der Waals surface area contributed by atoms with Crippen molar-refractivity contribution in [3.8, 4) is 5.75 Å². The summed E-state index contributed by atoms with van der Waals surface area (Å²) in [5, 5.41) is 3.92. The first-order valence-electron chi connectivity index (χ1n) is 6.86. The monoisotopic (exact) mass is 345 g/mol. The van der Waals surface area contributed by atoms with Gasteiger partial charge < -0.3 is 10.1 Å². The van der Waals surface area contributed by atoms with Crippen LogP contribution in [0.15, 0.2) is 22.7 Å². The molecule has 2 nitrogen and oxygen atoms in total. The number of hydrogen-bond donors (Lipinski definition) is 1. The van der Waals surface area contributed by atoms with Gasteiger partial charge in [-0.1, -0.05) is 22.4 Å². The molecule has 0 bridgehead atoms. The maximum atomic E-state index is 6.22. The van der Waals surface area contributed by atoms with E-state index in [-0.39, 0.29) is 0 Å². The van der Waals surface area contributed by atoms with E-state index in [2.05, 4.69) is 27.3 Å². The molecule has 4 heteroatoms. The molecule has 2 atom stereocenters. The lowest BCUT2D eigenvalue weighted by molar-refractivity contribution is 0.346. The van der Waals surface area contributed by atoms with E-state index >= 15 is 0 Å². The molecule has 1 fully saturated rings. The summed E-state index contributed by atoms with van der Waals surface area (Å²) in [7, 11) is 1.70. The Morgan fingerprint density at radius 1 is 1.42 bits per heavy atom. The zero-order valence-electron chi connectivity index (χ0n) is 11.3. The number of hydrogen-bond acceptors (Lipinski definition) is 2. The van der Waals surface area contributed by atoms with Crippen LogP contribution < -0.4 is 10.1 Å². The smallest absolute Gasteiger partial charge is 0.119 e. The Kier molecular flexibility index (Phi) is 5.99. The predicted molar refractivity (Wildman–Crippen MR) is 84.0 cm³/mol. The van der Waals surface area contributed by atoms with Crippen LogP contribution in [0.4, 0.5) is 0 Å². The van der Waals surface area contributed by atoms with Crippen LogP contribution in [0.3, 0.4) is 0 Å². The van der Waals surface area contributed by atoms with E-state index in [1.165, 1.54) is 24.8 Å². The van der Waals surface area contributed by atoms with Gasteiger partial charge in [0.25, 0.3) is 0 Å². The number of benzene rings is 1. The van der Waals surface area contributed by atoms with Gasteiger partial charge >= 0.3 is 0 Å². The Labute approximate surface area is 129 Å². The number of nitrogens with one attached hydrogen (secondary N) is 1. The summed E-state index contributed by atoms with van der Waals surface area (Å²) in [4.78, 5) is 0. The third kappa shape index (κ3) is 4.66. The Balaban J connectivity index is 1.81. The van der Waals surface area contributed by atoms with E-state index in [9.17, 15) is 0 Å². The van der Waals surface area contributed by atoms with Crippen molar-refractivity contribution in [2.75, 3.05) is 13.7 Å². The number of halogens is 2. The zero-order valence-corrected chi connectivity index (χ0v) is 13.6. The quantitative estimate of drug-likeness (QED) is 0.801. The van der Waals surface area contributed by atoms with Gasteiger partial charge in [-0.3, -0.25) is 0 Å². The molecule has 1 aromatic rings. The van der Waals surface area contributed by atoms with Gasteiger partial charge in [0.15, 0.2) is 0 Å². The minimum absolute atomic E-state index is 0.379. The lowest BCUT2D eigenvalue weighted by atomic mass is 9.89. The summed E-state index contributed by atoms with van der Waals surface area (Å²) in [6, 6.07) is 6.07. The SMILES string of the molecule is COc1ccc(Br)c(CNCC2CCCC(Cl)C2)c1. The van der Waals surface area contributed by atoms with Gasteiger partial charge in [-0.15, -0.1) is 11.6 Å². The summed E-state index contributed by atoms with van der Waals surface area (Å²) in [5.74, 6) is 1.62. The largest absolute Gasteiger partial charge is 0.497 e. The third-order valence-electron chi connectivity index (χ3n) is 3.72. The molecule has 1 aliphatic carbocycles. The standard InChI is InChI=1S/C15H21BrClNO/c1-19-14-5-6-15(16)12(8-14)10-18-9-11-3-2-4-13(17)7-11/h5-6,8,11,13,18H,2-4,7,9-10H2,1H3. The maximum absolute atomic E-state index is 6.22. The van der Waals surface area contributed by atoms with E-state index in [0.29, 0.717) is 5.38 Å². The number of ether oxygens (including phenoxy) is 1. The fourth-order valence-corrected chi connectivity index (χ4v) is 3.43. The Bertz CT molecular complexity index is 413. The summed E-state index contributed by atoms with van der Waals surface area (Å²) in [6.45, 7) is 1.91. The zero-order chi connectivity index (χ0) is 13.7. The van der Waals surface area contributed by atoms with E-state index in [4.69, 9.17) is 16.3 Å². The van der Waals surface area contributed by atoms with Crippen LogP contribution >= 0.6 is 27.5 Å². The number of methoxy groups -OCH3 is 1. The van der Waals surface area contributed by atoms with Crippen LogP contribution in [0.2, 0.25) is 0 Å². The molecule has 0 aromatic heterocycles. The predicted octanol–water partition coefficient (Wildman–Crippen LogP) is 4.34. The molecule has 0 spiro atoms. The van der Waals surface area contributed by atoms with Crippen molar-refractivity contribution >= 4 is 27.5 Å². The van der Waals surface area contributed by atoms with Crippen molar-refractivity contribution < 1.29 is 4.74 Å². The first-order chi connectivity index (χ1) is 9.19. The molecule has 1 aliphatic rings. The normalized spacial score (nSPS) is 23.3. The van der Waals surface area contributed by atoms with Crippen LogP contribution in [-0.2, 0) is 6.54 Å². The molecule has 2 unspecified atom stereocenters. The molecule has 0 radical (unpaired) electrons. The summed E-state index contributed by atoms with van der Waals surface area (Å²) in [5.41, 5.74) is 1.23. The molecule has 0 saturated heterocycles. The van der Waals surface area contributed by atoms with Gasteiger partial charge in [0.1, 0.15) is 5.75 Å². The second-order valence-corrected chi connectivity index (χ2v) is 6.69. The van der Waals surface area contributed by atoms with Crippen LogP contribution in [0, 0.1) is 5.92 Å². The molecule has 106 valence electrons. The van der Waals surface area contributed by atoms with Gasteiger partial charge in [0, 0.05) is 16.4 Å². The molecular weight excluding hydrogens is 326 g/mol. The van der Waals surface area contributed by atoms with Gasteiger partial charge in [0.2, 0.25) is 0 Å². The molecular formula is C15H21BrClNO. The van der Waals surface area contributed by atoms with E-state index < -0.39 is 0 Å². The van der Waals surface area contributed by atoms with Gasteiger partial charge in [-0.05, 0) is 55.5 Å². The van der Waals surface area contributed by atoms with Crippen LogP contribution in [0.25, 0.3) is 0 Å². The molecule has 19 heavy (non-hydrogen) atoms. The molecule has 1 N–H and O–H groups in total. The average Bonchev–Trinajstić information content (AvgIpc) is 2.41. The van der Waals surface area contributed by atoms with Gasteiger partial charge in [0.05, 0.1) is 7.11 Å². The lowest BCUT2D eigenvalue weighted by Crippen LogP contribution is -2.27.